The molecule has 3 nitrogen and oxygen atoms in total. The van der Waals surface area contributed by atoms with Crippen LogP contribution in [0, 0.1) is 5.92 Å². The SMILES string of the molecule is CCC[C@H](C)[C@H](N)C(=O)O.Cl. The van der Waals surface area contributed by atoms with Crippen molar-refractivity contribution in [2.24, 2.45) is 11.7 Å². The summed E-state index contributed by atoms with van der Waals surface area (Å²) in [6, 6.07) is -0.694. The predicted molar refractivity (Wildman–Crippen MR) is 46.9 cm³/mol. The highest BCUT2D eigenvalue weighted by Crippen LogP contribution is 2.08. The van der Waals surface area contributed by atoms with Crippen molar-refractivity contribution in [2.45, 2.75) is 32.7 Å². The Balaban J connectivity index is 0. The van der Waals surface area contributed by atoms with Gasteiger partial charge in [-0.1, -0.05) is 20.3 Å². The molecular weight excluding hydrogens is 166 g/mol. The van der Waals surface area contributed by atoms with Gasteiger partial charge in [-0.2, -0.15) is 0 Å². The Morgan fingerprint density at radius 1 is 1.64 bits per heavy atom. The lowest BCUT2D eigenvalue weighted by molar-refractivity contribution is -0.139. The van der Waals surface area contributed by atoms with E-state index in [1.165, 1.54) is 0 Å². The van der Waals surface area contributed by atoms with Gasteiger partial charge in [-0.3, -0.25) is 4.79 Å². The third-order valence-electron chi connectivity index (χ3n) is 1.64. The minimum atomic E-state index is -0.902. The first-order valence-electron chi connectivity index (χ1n) is 3.58. The Kier molecular flexibility index (Phi) is 7.79. The molecule has 2 atom stereocenters. The molecule has 0 bridgehead atoms. The molecule has 0 spiro atoms. The summed E-state index contributed by atoms with van der Waals surface area (Å²) in [4.78, 5) is 10.3. The van der Waals surface area contributed by atoms with E-state index >= 15 is 0 Å². The van der Waals surface area contributed by atoms with Crippen LogP contribution in [0.15, 0.2) is 0 Å². The van der Waals surface area contributed by atoms with Crippen LogP contribution in [0.4, 0.5) is 0 Å². The first kappa shape index (κ1) is 13.3. The maximum atomic E-state index is 10.3. The van der Waals surface area contributed by atoms with Crippen molar-refractivity contribution >= 4 is 18.4 Å². The fourth-order valence-corrected chi connectivity index (χ4v) is 0.878. The molecule has 0 aliphatic carbocycles. The van der Waals surface area contributed by atoms with Gasteiger partial charge < -0.3 is 10.8 Å². The Morgan fingerprint density at radius 3 is 2.36 bits per heavy atom. The number of carbonyl (C=O) groups is 1. The second-order valence-corrected chi connectivity index (χ2v) is 2.63. The summed E-state index contributed by atoms with van der Waals surface area (Å²) in [6.07, 6.45) is 1.87. The molecule has 0 aliphatic heterocycles. The van der Waals surface area contributed by atoms with E-state index in [9.17, 15) is 4.79 Å². The van der Waals surface area contributed by atoms with Crippen molar-refractivity contribution in [3.8, 4) is 0 Å². The fraction of sp³-hybridized carbons (Fsp3) is 0.857. The van der Waals surface area contributed by atoms with E-state index in [2.05, 4.69) is 0 Å². The standard InChI is InChI=1S/C7H15NO2.ClH/c1-3-4-5(2)6(8)7(9)10;/h5-6H,3-4,8H2,1-2H3,(H,9,10);1H/t5-,6-;/m0./s1. The van der Waals surface area contributed by atoms with E-state index in [-0.39, 0.29) is 18.3 Å². The van der Waals surface area contributed by atoms with Crippen LogP contribution in [0.2, 0.25) is 0 Å². The molecule has 0 saturated carbocycles. The number of rotatable bonds is 4. The van der Waals surface area contributed by atoms with Gasteiger partial charge in [-0.05, 0) is 12.3 Å². The number of aliphatic carboxylic acids is 1. The van der Waals surface area contributed by atoms with Crippen LogP contribution < -0.4 is 5.73 Å². The maximum Gasteiger partial charge on any atom is 0.320 e. The summed E-state index contributed by atoms with van der Waals surface area (Å²) >= 11 is 0. The molecule has 0 amide bonds. The van der Waals surface area contributed by atoms with E-state index in [4.69, 9.17) is 10.8 Å². The van der Waals surface area contributed by atoms with Gasteiger partial charge in [-0.15, -0.1) is 12.4 Å². The Labute approximate surface area is 73.4 Å². The van der Waals surface area contributed by atoms with Crippen LogP contribution in [-0.4, -0.2) is 17.1 Å². The number of carboxylic acids is 1. The number of hydrogen-bond donors (Lipinski definition) is 2. The van der Waals surface area contributed by atoms with E-state index in [0.717, 1.165) is 12.8 Å². The quantitative estimate of drug-likeness (QED) is 0.687. The van der Waals surface area contributed by atoms with E-state index in [1.807, 2.05) is 13.8 Å². The van der Waals surface area contributed by atoms with Gasteiger partial charge in [0.1, 0.15) is 6.04 Å². The lowest BCUT2D eigenvalue weighted by Gasteiger charge is -2.13. The summed E-state index contributed by atoms with van der Waals surface area (Å²) in [5, 5.41) is 8.45. The summed E-state index contributed by atoms with van der Waals surface area (Å²) in [5.41, 5.74) is 5.35. The molecule has 0 fully saturated rings. The molecule has 0 unspecified atom stereocenters. The zero-order chi connectivity index (χ0) is 8.15. The largest absolute Gasteiger partial charge is 0.480 e. The first-order chi connectivity index (χ1) is 4.59. The summed E-state index contributed by atoms with van der Waals surface area (Å²) in [6.45, 7) is 3.88. The number of nitrogens with two attached hydrogens (primary N) is 1. The molecule has 0 aromatic rings. The zero-order valence-corrected chi connectivity index (χ0v) is 7.73. The van der Waals surface area contributed by atoms with Crippen LogP contribution in [0.3, 0.4) is 0 Å². The second-order valence-electron chi connectivity index (χ2n) is 2.63. The van der Waals surface area contributed by atoms with E-state index < -0.39 is 12.0 Å². The topological polar surface area (TPSA) is 63.3 Å². The smallest absolute Gasteiger partial charge is 0.320 e. The minimum absolute atomic E-state index is 0. The average Bonchev–Trinajstić information content (AvgIpc) is 1.87. The van der Waals surface area contributed by atoms with Crippen molar-refractivity contribution in [3.63, 3.8) is 0 Å². The van der Waals surface area contributed by atoms with E-state index in [1.54, 1.807) is 0 Å². The Hall–Kier alpha value is -0.280. The zero-order valence-electron chi connectivity index (χ0n) is 6.91. The van der Waals surface area contributed by atoms with Crippen LogP contribution in [0.1, 0.15) is 26.7 Å². The van der Waals surface area contributed by atoms with Crippen molar-refractivity contribution < 1.29 is 9.90 Å². The second kappa shape index (κ2) is 6.43. The highest BCUT2D eigenvalue weighted by atomic mass is 35.5. The number of hydrogen-bond acceptors (Lipinski definition) is 2. The van der Waals surface area contributed by atoms with Crippen LogP contribution >= 0.6 is 12.4 Å². The van der Waals surface area contributed by atoms with Gasteiger partial charge in [0.2, 0.25) is 0 Å². The molecule has 0 saturated heterocycles. The molecule has 0 aromatic carbocycles. The lowest BCUT2D eigenvalue weighted by atomic mass is 9.98. The molecular formula is C7H16ClNO2. The Bertz CT molecular complexity index is 119. The van der Waals surface area contributed by atoms with Crippen molar-refractivity contribution in [1.29, 1.82) is 0 Å². The monoisotopic (exact) mass is 181 g/mol. The molecule has 3 N–H and O–H groups in total. The summed E-state index contributed by atoms with van der Waals surface area (Å²) < 4.78 is 0. The molecule has 68 valence electrons. The third kappa shape index (κ3) is 5.04. The Morgan fingerprint density at radius 2 is 2.09 bits per heavy atom. The highest BCUT2D eigenvalue weighted by molar-refractivity contribution is 5.85. The summed E-state index contributed by atoms with van der Waals surface area (Å²) in [7, 11) is 0. The fourth-order valence-electron chi connectivity index (χ4n) is 0.878. The predicted octanol–water partition coefficient (Wildman–Crippen LogP) is 1.26. The normalized spacial score (nSPS) is 14.8. The van der Waals surface area contributed by atoms with Crippen LogP contribution in [-0.2, 0) is 4.79 Å². The maximum absolute atomic E-state index is 10.3. The van der Waals surface area contributed by atoms with Gasteiger partial charge in [-0.25, -0.2) is 0 Å². The molecule has 0 heterocycles. The molecule has 0 aromatic heterocycles. The molecule has 0 rings (SSSR count). The highest BCUT2D eigenvalue weighted by Gasteiger charge is 2.18. The van der Waals surface area contributed by atoms with Gasteiger partial charge >= 0.3 is 5.97 Å². The summed E-state index contributed by atoms with van der Waals surface area (Å²) in [5.74, 6) is -0.816. The third-order valence-corrected chi connectivity index (χ3v) is 1.64. The van der Waals surface area contributed by atoms with Gasteiger partial charge in [0, 0.05) is 0 Å². The molecule has 4 heteroatoms. The van der Waals surface area contributed by atoms with Crippen molar-refractivity contribution in [2.75, 3.05) is 0 Å². The molecule has 11 heavy (non-hydrogen) atoms. The van der Waals surface area contributed by atoms with Crippen LogP contribution in [0.25, 0.3) is 0 Å². The van der Waals surface area contributed by atoms with E-state index in [0.29, 0.717) is 0 Å². The van der Waals surface area contributed by atoms with Gasteiger partial charge in [0.25, 0.3) is 0 Å². The lowest BCUT2D eigenvalue weighted by Crippen LogP contribution is -2.36. The number of carboxylic acid groups (broad SMARTS) is 1. The molecule has 0 radical (unpaired) electrons. The van der Waals surface area contributed by atoms with Crippen molar-refractivity contribution in [3.05, 3.63) is 0 Å². The average molecular weight is 182 g/mol. The van der Waals surface area contributed by atoms with Gasteiger partial charge in [0.05, 0.1) is 0 Å². The first-order valence-corrected chi connectivity index (χ1v) is 3.58. The molecule has 0 aliphatic rings. The minimum Gasteiger partial charge on any atom is -0.480 e. The number of halogens is 1. The van der Waals surface area contributed by atoms with Gasteiger partial charge in [0.15, 0.2) is 0 Å². The van der Waals surface area contributed by atoms with Crippen molar-refractivity contribution in [1.82, 2.24) is 0 Å². The van der Waals surface area contributed by atoms with Crippen LogP contribution in [0.5, 0.6) is 0 Å².